The van der Waals surface area contributed by atoms with Gasteiger partial charge in [0.1, 0.15) is 11.6 Å². The van der Waals surface area contributed by atoms with Crippen LogP contribution in [0.1, 0.15) is 20.3 Å². The van der Waals surface area contributed by atoms with Crippen molar-refractivity contribution >= 4 is 5.91 Å². The average molecular weight is 237 g/mol. The van der Waals surface area contributed by atoms with E-state index in [4.69, 9.17) is 10.00 Å². The van der Waals surface area contributed by atoms with Gasteiger partial charge in [0.2, 0.25) is 0 Å². The highest BCUT2D eigenvalue weighted by Crippen LogP contribution is 2.03. The number of hydrogen-bond donors (Lipinski definition) is 1. The zero-order valence-electron chi connectivity index (χ0n) is 10.4. The molecule has 0 bridgehead atoms. The lowest BCUT2D eigenvalue weighted by Gasteiger charge is -2.25. The second-order valence-corrected chi connectivity index (χ2v) is 4.09. The van der Waals surface area contributed by atoms with E-state index in [0.29, 0.717) is 13.2 Å². The van der Waals surface area contributed by atoms with Gasteiger partial charge in [-0.05, 0) is 13.3 Å². The number of hydrogen-bond acceptors (Lipinski definition) is 4. The number of nitrogens with zero attached hydrogens (tertiary/aromatic N) is 2. The van der Waals surface area contributed by atoms with Crippen molar-refractivity contribution in [1.82, 2.24) is 10.2 Å². The van der Waals surface area contributed by atoms with E-state index >= 15 is 0 Å². The van der Waals surface area contributed by atoms with E-state index in [1.54, 1.807) is 6.20 Å². The molecule has 0 aromatic rings. The molecule has 0 aromatic carbocycles. The molecule has 1 fully saturated rings. The molecule has 1 amide bonds. The van der Waals surface area contributed by atoms with Crippen LogP contribution in [0.3, 0.4) is 0 Å². The van der Waals surface area contributed by atoms with Gasteiger partial charge < -0.3 is 15.0 Å². The number of ether oxygens (including phenoxy) is 1. The summed E-state index contributed by atoms with van der Waals surface area (Å²) in [6, 6.07) is 2.03. The molecule has 1 aliphatic heterocycles. The second-order valence-electron chi connectivity index (χ2n) is 4.09. The van der Waals surface area contributed by atoms with Crippen LogP contribution < -0.4 is 5.32 Å². The van der Waals surface area contributed by atoms with Crippen molar-refractivity contribution in [2.24, 2.45) is 0 Å². The summed E-state index contributed by atoms with van der Waals surface area (Å²) >= 11 is 0. The van der Waals surface area contributed by atoms with Gasteiger partial charge in [0.25, 0.3) is 5.91 Å². The molecule has 5 nitrogen and oxygen atoms in total. The highest BCUT2D eigenvalue weighted by molar-refractivity contribution is 5.97. The summed E-state index contributed by atoms with van der Waals surface area (Å²) in [6.07, 6.45) is 2.47. The Morgan fingerprint density at radius 3 is 2.76 bits per heavy atom. The van der Waals surface area contributed by atoms with Crippen molar-refractivity contribution in [3.63, 3.8) is 0 Å². The van der Waals surface area contributed by atoms with Gasteiger partial charge in [-0.2, -0.15) is 5.26 Å². The lowest BCUT2D eigenvalue weighted by atomic mass is 10.2. The molecule has 0 aliphatic carbocycles. The molecule has 5 heteroatoms. The summed E-state index contributed by atoms with van der Waals surface area (Å²) in [5.74, 6) is -0.298. The summed E-state index contributed by atoms with van der Waals surface area (Å²) in [6.45, 7) is 6.64. The Bertz CT molecular complexity index is 327. The van der Waals surface area contributed by atoms with E-state index < -0.39 is 0 Å². The lowest BCUT2D eigenvalue weighted by Crippen LogP contribution is -2.36. The first-order chi connectivity index (χ1) is 8.17. The Hall–Kier alpha value is -1.54. The molecule has 1 aliphatic rings. The summed E-state index contributed by atoms with van der Waals surface area (Å²) in [4.78, 5) is 13.7. The van der Waals surface area contributed by atoms with Crippen LogP contribution in [0.5, 0.6) is 0 Å². The van der Waals surface area contributed by atoms with Gasteiger partial charge in [-0.25, -0.2) is 0 Å². The minimum Gasteiger partial charge on any atom is -0.378 e. The zero-order chi connectivity index (χ0) is 12.7. The SMILES string of the molecule is CCC(C)NC(=O)/C(C#N)=C\N1CCOCC1. The maximum absolute atomic E-state index is 11.8. The Kier molecular flexibility index (Phi) is 5.50. The van der Waals surface area contributed by atoms with Crippen molar-refractivity contribution < 1.29 is 9.53 Å². The van der Waals surface area contributed by atoms with E-state index in [2.05, 4.69) is 5.32 Å². The van der Waals surface area contributed by atoms with Gasteiger partial charge in [-0.3, -0.25) is 4.79 Å². The highest BCUT2D eigenvalue weighted by atomic mass is 16.5. The molecule has 1 rings (SSSR count). The largest absolute Gasteiger partial charge is 0.378 e. The van der Waals surface area contributed by atoms with Gasteiger partial charge >= 0.3 is 0 Å². The number of carbonyl (C=O) groups is 1. The van der Waals surface area contributed by atoms with Crippen LogP contribution in [0, 0.1) is 11.3 Å². The quantitative estimate of drug-likeness (QED) is 0.575. The molecule has 0 spiro atoms. The molecule has 1 N–H and O–H groups in total. The van der Waals surface area contributed by atoms with Crippen LogP contribution in [0.2, 0.25) is 0 Å². The number of amides is 1. The van der Waals surface area contributed by atoms with Crippen LogP contribution in [0.4, 0.5) is 0 Å². The molecular formula is C12H19N3O2. The first kappa shape index (κ1) is 13.5. The molecule has 1 atom stereocenters. The van der Waals surface area contributed by atoms with Crippen LogP contribution in [0.25, 0.3) is 0 Å². The minimum atomic E-state index is -0.298. The van der Waals surface area contributed by atoms with E-state index in [0.717, 1.165) is 19.5 Å². The van der Waals surface area contributed by atoms with Gasteiger partial charge in [-0.1, -0.05) is 6.92 Å². The molecule has 1 unspecified atom stereocenters. The Morgan fingerprint density at radius 2 is 2.24 bits per heavy atom. The Morgan fingerprint density at radius 1 is 1.59 bits per heavy atom. The van der Waals surface area contributed by atoms with Crippen molar-refractivity contribution in [1.29, 1.82) is 5.26 Å². The van der Waals surface area contributed by atoms with E-state index in [1.807, 2.05) is 24.8 Å². The maximum Gasteiger partial charge on any atom is 0.263 e. The van der Waals surface area contributed by atoms with Crippen molar-refractivity contribution in [3.8, 4) is 6.07 Å². The van der Waals surface area contributed by atoms with E-state index in [-0.39, 0.29) is 17.5 Å². The predicted octanol–water partition coefficient (Wildman–Crippen LogP) is 0.641. The number of morpholine rings is 1. The fourth-order valence-electron chi connectivity index (χ4n) is 1.43. The third kappa shape index (κ3) is 4.45. The van der Waals surface area contributed by atoms with Crippen molar-refractivity contribution in [2.45, 2.75) is 26.3 Å². The smallest absolute Gasteiger partial charge is 0.263 e. The number of carbonyl (C=O) groups excluding carboxylic acids is 1. The first-order valence-electron chi connectivity index (χ1n) is 5.92. The monoisotopic (exact) mass is 237 g/mol. The third-order valence-corrected chi connectivity index (χ3v) is 2.71. The Balaban J connectivity index is 2.60. The predicted molar refractivity (Wildman–Crippen MR) is 64.0 cm³/mol. The summed E-state index contributed by atoms with van der Waals surface area (Å²) in [5.41, 5.74) is 0.159. The first-order valence-corrected chi connectivity index (χ1v) is 5.92. The average Bonchev–Trinajstić information content (AvgIpc) is 2.36. The molecule has 94 valence electrons. The third-order valence-electron chi connectivity index (χ3n) is 2.71. The summed E-state index contributed by atoms with van der Waals surface area (Å²) < 4.78 is 5.20. The van der Waals surface area contributed by atoms with Gasteiger partial charge in [0.05, 0.1) is 13.2 Å². The van der Waals surface area contributed by atoms with Crippen molar-refractivity contribution in [3.05, 3.63) is 11.8 Å². The minimum absolute atomic E-state index is 0.0870. The van der Waals surface area contributed by atoms with E-state index in [1.165, 1.54) is 0 Å². The summed E-state index contributed by atoms with van der Waals surface area (Å²) in [5, 5.41) is 11.8. The van der Waals surface area contributed by atoms with Crippen LogP contribution in [0.15, 0.2) is 11.8 Å². The van der Waals surface area contributed by atoms with Gasteiger partial charge in [0, 0.05) is 25.3 Å². The van der Waals surface area contributed by atoms with Crippen LogP contribution >= 0.6 is 0 Å². The topological polar surface area (TPSA) is 65.4 Å². The lowest BCUT2D eigenvalue weighted by molar-refractivity contribution is -0.117. The van der Waals surface area contributed by atoms with Crippen molar-refractivity contribution in [2.75, 3.05) is 26.3 Å². The fourth-order valence-corrected chi connectivity index (χ4v) is 1.43. The standard InChI is InChI=1S/C12H19N3O2/c1-3-10(2)14-12(16)11(8-13)9-15-4-6-17-7-5-15/h9-10H,3-7H2,1-2H3,(H,14,16)/b11-9-. The molecule has 1 heterocycles. The maximum atomic E-state index is 11.8. The normalized spacial score (nSPS) is 18.4. The molecule has 0 aromatic heterocycles. The highest BCUT2D eigenvalue weighted by Gasteiger charge is 2.14. The number of nitrogens with one attached hydrogen (secondary N) is 1. The number of rotatable bonds is 4. The molecule has 0 radical (unpaired) electrons. The zero-order valence-corrected chi connectivity index (χ0v) is 10.4. The fraction of sp³-hybridized carbons (Fsp3) is 0.667. The second kappa shape index (κ2) is 6.92. The Labute approximate surface area is 102 Å². The molecular weight excluding hydrogens is 218 g/mol. The van der Waals surface area contributed by atoms with Gasteiger partial charge in [-0.15, -0.1) is 0 Å². The van der Waals surface area contributed by atoms with Crippen LogP contribution in [-0.2, 0) is 9.53 Å². The van der Waals surface area contributed by atoms with Crippen LogP contribution in [-0.4, -0.2) is 43.2 Å². The molecule has 1 saturated heterocycles. The van der Waals surface area contributed by atoms with Gasteiger partial charge in [0.15, 0.2) is 0 Å². The van der Waals surface area contributed by atoms with E-state index in [9.17, 15) is 4.79 Å². The summed E-state index contributed by atoms with van der Waals surface area (Å²) in [7, 11) is 0. The molecule has 0 saturated carbocycles. The number of nitriles is 1. The molecule has 17 heavy (non-hydrogen) atoms.